The summed E-state index contributed by atoms with van der Waals surface area (Å²) in [6.45, 7) is -1.31. The van der Waals surface area contributed by atoms with E-state index in [-0.39, 0.29) is 10.8 Å². The molecule has 0 spiro atoms. The van der Waals surface area contributed by atoms with Crippen molar-refractivity contribution in [3.8, 4) is 5.75 Å². The van der Waals surface area contributed by atoms with E-state index in [9.17, 15) is 8.78 Å². The average molecular weight is 209 g/mol. The molecule has 0 radical (unpaired) electrons. The Labute approximate surface area is 78.4 Å². The Bertz CT molecular complexity index is 315. The SMILES string of the molecule is OCC(F)(F)c1ccc(O)cc1Cl. The number of aliphatic hydroxyl groups excluding tert-OH is 1. The molecule has 0 aromatic heterocycles. The number of hydrogen-bond donors (Lipinski definition) is 2. The second-order valence-electron chi connectivity index (χ2n) is 2.53. The zero-order valence-corrected chi connectivity index (χ0v) is 7.22. The average Bonchev–Trinajstić information content (AvgIpc) is 2.03. The van der Waals surface area contributed by atoms with Gasteiger partial charge in [-0.2, -0.15) is 8.78 Å². The minimum atomic E-state index is -3.37. The molecule has 0 amide bonds. The van der Waals surface area contributed by atoms with Crippen LogP contribution in [0.4, 0.5) is 8.78 Å². The van der Waals surface area contributed by atoms with Crippen LogP contribution in [-0.4, -0.2) is 16.8 Å². The van der Waals surface area contributed by atoms with E-state index in [0.29, 0.717) is 0 Å². The van der Waals surface area contributed by atoms with Crippen LogP contribution in [0.1, 0.15) is 5.56 Å². The van der Waals surface area contributed by atoms with Crippen LogP contribution in [0.2, 0.25) is 5.02 Å². The van der Waals surface area contributed by atoms with Crippen LogP contribution in [-0.2, 0) is 5.92 Å². The van der Waals surface area contributed by atoms with Crippen molar-refractivity contribution in [3.05, 3.63) is 28.8 Å². The van der Waals surface area contributed by atoms with Gasteiger partial charge in [0.1, 0.15) is 12.4 Å². The fraction of sp³-hybridized carbons (Fsp3) is 0.250. The van der Waals surface area contributed by atoms with E-state index < -0.39 is 18.1 Å². The zero-order valence-electron chi connectivity index (χ0n) is 6.47. The molecule has 13 heavy (non-hydrogen) atoms. The Balaban J connectivity index is 3.16. The molecule has 0 unspecified atom stereocenters. The number of hydrogen-bond acceptors (Lipinski definition) is 2. The first-order valence-corrected chi connectivity index (χ1v) is 3.83. The number of phenolic OH excluding ortho intramolecular Hbond substituents is 1. The van der Waals surface area contributed by atoms with Crippen LogP contribution >= 0.6 is 11.6 Å². The molecule has 1 rings (SSSR count). The van der Waals surface area contributed by atoms with Crippen molar-refractivity contribution in [2.24, 2.45) is 0 Å². The van der Waals surface area contributed by atoms with Crippen molar-refractivity contribution < 1.29 is 19.0 Å². The smallest absolute Gasteiger partial charge is 0.297 e. The van der Waals surface area contributed by atoms with Gasteiger partial charge in [0.2, 0.25) is 0 Å². The van der Waals surface area contributed by atoms with Gasteiger partial charge in [0, 0.05) is 5.56 Å². The molecule has 2 N–H and O–H groups in total. The molecule has 0 heterocycles. The molecule has 0 bridgehead atoms. The molecule has 1 aromatic rings. The van der Waals surface area contributed by atoms with Crippen molar-refractivity contribution in [1.82, 2.24) is 0 Å². The highest BCUT2D eigenvalue weighted by atomic mass is 35.5. The molecule has 0 aliphatic carbocycles. The lowest BCUT2D eigenvalue weighted by molar-refractivity contribution is -0.0555. The number of aromatic hydroxyl groups is 1. The third-order valence-corrected chi connectivity index (χ3v) is 1.86. The van der Waals surface area contributed by atoms with E-state index in [1.807, 2.05) is 0 Å². The molecule has 0 saturated carbocycles. The predicted octanol–water partition coefficient (Wildman–Crippen LogP) is 2.13. The van der Waals surface area contributed by atoms with Gasteiger partial charge in [0.15, 0.2) is 0 Å². The molecule has 2 nitrogen and oxygen atoms in total. The molecule has 0 atom stereocenters. The molecule has 5 heteroatoms. The number of alkyl halides is 2. The molecule has 72 valence electrons. The van der Waals surface area contributed by atoms with E-state index in [0.717, 1.165) is 18.2 Å². The first-order valence-electron chi connectivity index (χ1n) is 3.45. The number of phenols is 1. The van der Waals surface area contributed by atoms with Gasteiger partial charge in [-0.15, -0.1) is 0 Å². The Morgan fingerprint density at radius 3 is 2.46 bits per heavy atom. The molecular formula is C8H7ClF2O2. The van der Waals surface area contributed by atoms with Crippen LogP contribution in [0.5, 0.6) is 5.75 Å². The summed E-state index contributed by atoms with van der Waals surface area (Å²) in [4.78, 5) is 0. The van der Waals surface area contributed by atoms with Crippen molar-refractivity contribution in [1.29, 1.82) is 0 Å². The second-order valence-corrected chi connectivity index (χ2v) is 2.93. The van der Waals surface area contributed by atoms with Gasteiger partial charge in [-0.3, -0.25) is 0 Å². The fourth-order valence-electron chi connectivity index (χ4n) is 0.886. The monoisotopic (exact) mass is 208 g/mol. The van der Waals surface area contributed by atoms with Crippen molar-refractivity contribution in [3.63, 3.8) is 0 Å². The maximum Gasteiger partial charge on any atom is 0.297 e. The predicted molar refractivity (Wildman–Crippen MR) is 44.1 cm³/mol. The summed E-state index contributed by atoms with van der Waals surface area (Å²) in [5.41, 5.74) is -0.491. The molecule has 1 aromatic carbocycles. The van der Waals surface area contributed by atoms with Gasteiger partial charge in [0.25, 0.3) is 5.92 Å². The molecule has 0 aliphatic heterocycles. The standard InChI is InChI=1S/C8H7ClF2O2/c9-7-3-5(13)1-2-6(7)8(10,11)4-12/h1-3,12-13H,4H2. The Morgan fingerprint density at radius 1 is 1.38 bits per heavy atom. The highest BCUT2D eigenvalue weighted by molar-refractivity contribution is 6.31. The van der Waals surface area contributed by atoms with Crippen molar-refractivity contribution in [2.75, 3.05) is 6.61 Å². The molecule has 0 fully saturated rings. The van der Waals surface area contributed by atoms with Crippen LogP contribution in [0, 0.1) is 0 Å². The van der Waals surface area contributed by atoms with E-state index in [1.54, 1.807) is 0 Å². The van der Waals surface area contributed by atoms with Gasteiger partial charge >= 0.3 is 0 Å². The number of rotatable bonds is 2. The first-order chi connectivity index (χ1) is 5.97. The highest BCUT2D eigenvalue weighted by Crippen LogP contribution is 2.34. The number of benzene rings is 1. The molecule has 0 saturated heterocycles. The van der Waals surface area contributed by atoms with Gasteiger partial charge in [0.05, 0.1) is 5.02 Å². The van der Waals surface area contributed by atoms with Crippen LogP contribution in [0.25, 0.3) is 0 Å². The minimum absolute atomic E-state index is 0.192. The van der Waals surface area contributed by atoms with Crippen LogP contribution in [0.15, 0.2) is 18.2 Å². The number of halogens is 3. The van der Waals surface area contributed by atoms with Gasteiger partial charge in [-0.05, 0) is 18.2 Å². The molecule has 0 aliphatic rings. The Kier molecular flexibility index (Phi) is 2.73. The zero-order chi connectivity index (χ0) is 10.1. The highest BCUT2D eigenvalue weighted by Gasteiger charge is 2.32. The summed E-state index contributed by atoms with van der Waals surface area (Å²) in [6.07, 6.45) is 0. The number of aliphatic hydroxyl groups is 1. The topological polar surface area (TPSA) is 40.5 Å². The van der Waals surface area contributed by atoms with Gasteiger partial charge < -0.3 is 10.2 Å². The summed E-state index contributed by atoms with van der Waals surface area (Å²) in [5, 5.41) is 17.0. The summed E-state index contributed by atoms with van der Waals surface area (Å²) in [6, 6.07) is 3.07. The summed E-state index contributed by atoms with van der Waals surface area (Å²) < 4.78 is 25.7. The lowest BCUT2D eigenvalue weighted by Crippen LogP contribution is -2.18. The van der Waals surface area contributed by atoms with E-state index in [2.05, 4.69) is 0 Å². The third-order valence-electron chi connectivity index (χ3n) is 1.55. The van der Waals surface area contributed by atoms with Crippen LogP contribution < -0.4 is 0 Å². The Morgan fingerprint density at radius 2 is 2.00 bits per heavy atom. The second kappa shape index (κ2) is 3.47. The van der Waals surface area contributed by atoms with Gasteiger partial charge in [-0.1, -0.05) is 11.6 Å². The first kappa shape index (κ1) is 10.2. The fourth-order valence-corrected chi connectivity index (χ4v) is 1.20. The summed E-state index contributed by atoms with van der Waals surface area (Å²) in [5.74, 6) is -3.56. The molecular weight excluding hydrogens is 202 g/mol. The van der Waals surface area contributed by atoms with E-state index >= 15 is 0 Å². The maximum absolute atomic E-state index is 12.9. The quantitative estimate of drug-likeness (QED) is 0.782. The van der Waals surface area contributed by atoms with Gasteiger partial charge in [-0.25, -0.2) is 0 Å². The lowest BCUT2D eigenvalue weighted by Gasteiger charge is -2.14. The normalized spacial score (nSPS) is 11.7. The third kappa shape index (κ3) is 2.08. The van der Waals surface area contributed by atoms with Crippen molar-refractivity contribution in [2.45, 2.75) is 5.92 Å². The lowest BCUT2D eigenvalue weighted by atomic mass is 10.1. The van der Waals surface area contributed by atoms with E-state index in [4.69, 9.17) is 21.8 Å². The summed E-state index contributed by atoms with van der Waals surface area (Å²) >= 11 is 5.44. The van der Waals surface area contributed by atoms with Crippen molar-refractivity contribution >= 4 is 11.6 Å². The Hall–Kier alpha value is -0.870. The largest absolute Gasteiger partial charge is 0.508 e. The minimum Gasteiger partial charge on any atom is -0.508 e. The summed E-state index contributed by atoms with van der Waals surface area (Å²) in [7, 11) is 0. The van der Waals surface area contributed by atoms with E-state index in [1.165, 1.54) is 0 Å². The maximum atomic E-state index is 12.9. The van der Waals surface area contributed by atoms with Crippen LogP contribution in [0.3, 0.4) is 0 Å².